The highest BCUT2D eigenvalue weighted by molar-refractivity contribution is 9.10. The van der Waals surface area contributed by atoms with Gasteiger partial charge in [0.15, 0.2) is 0 Å². The number of aryl methyl sites for hydroxylation is 1. The lowest BCUT2D eigenvalue weighted by Crippen LogP contribution is -2.00. The molecular weight excluding hydrogens is 349 g/mol. The van der Waals surface area contributed by atoms with E-state index < -0.39 is 0 Å². The maximum absolute atomic E-state index is 6.17. The van der Waals surface area contributed by atoms with E-state index in [0.29, 0.717) is 16.6 Å². The first kappa shape index (κ1) is 14.7. The van der Waals surface area contributed by atoms with Gasteiger partial charge >= 0.3 is 0 Å². The quantitative estimate of drug-likeness (QED) is 0.760. The Morgan fingerprint density at radius 2 is 2.11 bits per heavy atom. The number of anilines is 1. The van der Waals surface area contributed by atoms with Gasteiger partial charge in [-0.2, -0.15) is 5.10 Å². The van der Waals surface area contributed by atoms with Crippen molar-refractivity contribution in [2.45, 2.75) is 26.4 Å². The number of halogens is 3. The molecule has 0 amide bonds. The number of rotatable bonds is 5. The highest BCUT2D eigenvalue weighted by Gasteiger charge is 2.08. The second kappa shape index (κ2) is 6.64. The smallest absolute Gasteiger partial charge is 0.0835 e. The minimum absolute atomic E-state index is 0.522. The molecule has 0 saturated carbocycles. The van der Waals surface area contributed by atoms with Crippen LogP contribution in [0.4, 0.5) is 5.69 Å². The fourth-order valence-electron chi connectivity index (χ4n) is 1.71. The summed E-state index contributed by atoms with van der Waals surface area (Å²) in [4.78, 5) is 0. The van der Waals surface area contributed by atoms with Crippen LogP contribution >= 0.6 is 39.1 Å². The number of aromatic nitrogens is 2. The molecule has 0 atom stereocenters. The van der Waals surface area contributed by atoms with Crippen molar-refractivity contribution in [2.75, 3.05) is 5.32 Å². The molecule has 0 bridgehead atoms. The summed E-state index contributed by atoms with van der Waals surface area (Å²) in [5.41, 5.74) is 1.93. The SMILES string of the molecule is CCCn1cc(CNc2ccc(Br)c(Cl)c2Cl)cn1. The van der Waals surface area contributed by atoms with Crippen molar-refractivity contribution in [3.63, 3.8) is 0 Å². The molecule has 0 spiro atoms. The van der Waals surface area contributed by atoms with Gasteiger partial charge in [0.05, 0.1) is 21.9 Å². The summed E-state index contributed by atoms with van der Waals surface area (Å²) in [6, 6.07) is 3.77. The van der Waals surface area contributed by atoms with E-state index >= 15 is 0 Å². The monoisotopic (exact) mass is 361 g/mol. The summed E-state index contributed by atoms with van der Waals surface area (Å²) in [5, 5.41) is 8.59. The Morgan fingerprint density at radius 3 is 2.84 bits per heavy atom. The summed E-state index contributed by atoms with van der Waals surface area (Å²) in [7, 11) is 0. The Kier molecular flexibility index (Phi) is 5.13. The Morgan fingerprint density at radius 1 is 1.32 bits per heavy atom. The topological polar surface area (TPSA) is 29.9 Å². The summed E-state index contributed by atoms with van der Waals surface area (Å²) in [5.74, 6) is 0. The van der Waals surface area contributed by atoms with Gasteiger partial charge < -0.3 is 5.32 Å². The molecule has 0 aliphatic rings. The first-order valence-corrected chi connectivity index (χ1v) is 7.55. The van der Waals surface area contributed by atoms with Crippen molar-refractivity contribution in [1.82, 2.24) is 9.78 Å². The van der Waals surface area contributed by atoms with Gasteiger partial charge in [-0.25, -0.2) is 0 Å². The molecule has 0 unspecified atom stereocenters. The molecule has 0 aliphatic carbocycles. The molecule has 1 aromatic heterocycles. The van der Waals surface area contributed by atoms with E-state index in [-0.39, 0.29) is 0 Å². The predicted octanol–water partition coefficient (Wildman–Crippen LogP) is 4.97. The van der Waals surface area contributed by atoms with Crippen LogP contribution in [0.15, 0.2) is 29.0 Å². The zero-order valence-electron chi connectivity index (χ0n) is 10.5. The van der Waals surface area contributed by atoms with Crippen LogP contribution in [-0.2, 0) is 13.1 Å². The molecule has 19 heavy (non-hydrogen) atoms. The first-order valence-electron chi connectivity index (χ1n) is 6.00. The van der Waals surface area contributed by atoms with E-state index in [0.717, 1.165) is 28.7 Å². The molecule has 102 valence electrons. The first-order chi connectivity index (χ1) is 9.11. The van der Waals surface area contributed by atoms with Gasteiger partial charge in [0.25, 0.3) is 0 Å². The molecule has 0 aliphatic heterocycles. The van der Waals surface area contributed by atoms with E-state index in [1.54, 1.807) is 0 Å². The van der Waals surface area contributed by atoms with Crippen molar-refractivity contribution in [2.24, 2.45) is 0 Å². The summed E-state index contributed by atoms with van der Waals surface area (Å²) >= 11 is 15.6. The van der Waals surface area contributed by atoms with E-state index in [4.69, 9.17) is 23.2 Å². The molecule has 2 rings (SSSR count). The molecule has 6 heteroatoms. The second-order valence-electron chi connectivity index (χ2n) is 4.19. The third-order valence-corrected chi connectivity index (χ3v) is 4.43. The maximum Gasteiger partial charge on any atom is 0.0835 e. The van der Waals surface area contributed by atoms with E-state index in [1.165, 1.54) is 0 Å². The van der Waals surface area contributed by atoms with Crippen molar-refractivity contribution >= 4 is 44.8 Å². The number of benzene rings is 1. The lowest BCUT2D eigenvalue weighted by atomic mass is 10.3. The van der Waals surface area contributed by atoms with Crippen LogP contribution in [0.25, 0.3) is 0 Å². The van der Waals surface area contributed by atoms with E-state index in [9.17, 15) is 0 Å². The normalized spacial score (nSPS) is 10.7. The van der Waals surface area contributed by atoms with Gasteiger partial charge in [0, 0.05) is 29.3 Å². The van der Waals surface area contributed by atoms with Crippen molar-refractivity contribution in [3.8, 4) is 0 Å². The number of nitrogens with one attached hydrogen (secondary N) is 1. The average molecular weight is 363 g/mol. The Hall–Kier alpha value is -0.710. The minimum atomic E-state index is 0.522. The van der Waals surface area contributed by atoms with Crippen LogP contribution in [0.1, 0.15) is 18.9 Å². The second-order valence-corrected chi connectivity index (χ2v) is 5.80. The molecule has 0 fully saturated rings. The lowest BCUT2D eigenvalue weighted by molar-refractivity contribution is 0.602. The molecule has 1 heterocycles. The van der Waals surface area contributed by atoms with Crippen LogP contribution < -0.4 is 5.32 Å². The maximum atomic E-state index is 6.17. The van der Waals surface area contributed by atoms with Crippen molar-refractivity contribution < 1.29 is 0 Å². The summed E-state index contributed by atoms with van der Waals surface area (Å²) < 4.78 is 2.73. The highest BCUT2D eigenvalue weighted by atomic mass is 79.9. The Bertz CT molecular complexity index is 569. The Labute approximate surface area is 131 Å². The van der Waals surface area contributed by atoms with Gasteiger partial charge in [-0.05, 0) is 34.5 Å². The average Bonchev–Trinajstić information content (AvgIpc) is 2.83. The van der Waals surface area contributed by atoms with Crippen LogP contribution in [-0.4, -0.2) is 9.78 Å². The van der Waals surface area contributed by atoms with E-state index in [2.05, 4.69) is 33.3 Å². The molecular formula is C13H14BrCl2N3. The number of hydrogen-bond acceptors (Lipinski definition) is 2. The standard InChI is InChI=1S/C13H14BrCl2N3/c1-2-5-19-8-9(7-18-19)6-17-11-4-3-10(14)12(15)13(11)16/h3-4,7-8,17H,2,5-6H2,1H3. The number of nitrogens with zero attached hydrogens (tertiary/aromatic N) is 2. The lowest BCUT2D eigenvalue weighted by Gasteiger charge is -2.09. The molecule has 2 aromatic rings. The molecule has 1 N–H and O–H groups in total. The highest BCUT2D eigenvalue weighted by Crippen LogP contribution is 2.35. The molecule has 1 aromatic carbocycles. The fraction of sp³-hybridized carbons (Fsp3) is 0.308. The summed E-state index contributed by atoms with van der Waals surface area (Å²) in [6.07, 6.45) is 4.96. The number of hydrogen-bond donors (Lipinski definition) is 1. The van der Waals surface area contributed by atoms with Gasteiger partial charge in [0.2, 0.25) is 0 Å². The third-order valence-electron chi connectivity index (χ3n) is 2.66. The predicted molar refractivity (Wildman–Crippen MR) is 84.0 cm³/mol. The minimum Gasteiger partial charge on any atom is -0.380 e. The summed E-state index contributed by atoms with van der Waals surface area (Å²) in [6.45, 7) is 3.73. The third kappa shape index (κ3) is 3.65. The van der Waals surface area contributed by atoms with E-state index in [1.807, 2.05) is 29.2 Å². The largest absolute Gasteiger partial charge is 0.380 e. The Balaban J connectivity index is 2.04. The van der Waals surface area contributed by atoms with Gasteiger partial charge in [-0.1, -0.05) is 30.1 Å². The fourth-order valence-corrected chi connectivity index (χ4v) is 2.55. The molecule has 0 saturated heterocycles. The van der Waals surface area contributed by atoms with Gasteiger partial charge in [-0.3, -0.25) is 4.68 Å². The van der Waals surface area contributed by atoms with Crippen LogP contribution in [0.3, 0.4) is 0 Å². The molecule has 3 nitrogen and oxygen atoms in total. The van der Waals surface area contributed by atoms with Crippen molar-refractivity contribution in [1.29, 1.82) is 0 Å². The van der Waals surface area contributed by atoms with Crippen LogP contribution in [0.5, 0.6) is 0 Å². The molecule has 0 radical (unpaired) electrons. The van der Waals surface area contributed by atoms with Crippen molar-refractivity contribution in [3.05, 3.63) is 44.6 Å². The van der Waals surface area contributed by atoms with Gasteiger partial charge in [0.1, 0.15) is 0 Å². The van der Waals surface area contributed by atoms with Crippen LogP contribution in [0.2, 0.25) is 10.0 Å². The van der Waals surface area contributed by atoms with Crippen LogP contribution in [0, 0.1) is 0 Å². The van der Waals surface area contributed by atoms with Gasteiger partial charge in [-0.15, -0.1) is 0 Å². The zero-order chi connectivity index (χ0) is 13.8. The zero-order valence-corrected chi connectivity index (χ0v) is 13.6.